The van der Waals surface area contributed by atoms with Gasteiger partial charge in [0.05, 0.1) is 6.61 Å². The molecule has 2 N–H and O–H groups in total. The summed E-state index contributed by atoms with van der Waals surface area (Å²) in [5, 5.41) is 0. The fourth-order valence-electron chi connectivity index (χ4n) is 2.40. The maximum atomic E-state index is 5.07. The van der Waals surface area contributed by atoms with E-state index in [4.69, 9.17) is 5.90 Å². The molecule has 0 spiro atoms. The number of nitrogens with two attached hydrogens (primary N) is 1. The van der Waals surface area contributed by atoms with Crippen molar-refractivity contribution >= 4 is 5.69 Å². The van der Waals surface area contributed by atoms with E-state index in [0.717, 1.165) is 31.7 Å². The maximum Gasteiger partial charge on any atom is 0.0930 e. The zero-order chi connectivity index (χ0) is 13.0. The Hall–Kier alpha value is -1.10. The molecule has 1 heterocycles. The molecule has 0 radical (unpaired) electrons. The quantitative estimate of drug-likeness (QED) is 0.823. The Kier molecular flexibility index (Phi) is 4.58. The summed E-state index contributed by atoms with van der Waals surface area (Å²) >= 11 is 0. The smallest absolute Gasteiger partial charge is 0.0930 e. The van der Waals surface area contributed by atoms with Crippen LogP contribution in [0.25, 0.3) is 0 Å². The molecule has 100 valence electrons. The van der Waals surface area contributed by atoms with Gasteiger partial charge in [-0.05, 0) is 31.5 Å². The van der Waals surface area contributed by atoms with Crippen LogP contribution < -0.4 is 10.8 Å². The lowest BCUT2D eigenvalue weighted by atomic mass is 10.2. The van der Waals surface area contributed by atoms with Crippen molar-refractivity contribution in [2.45, 2.75) is 26.5 Å². The number of hydrogen-bond acceptors (Lipinski definition) is 4. The minimum absolute atomic E-state index is 0.474. The van der Waals surface area contributed by atoms with E-state index in [9.17, 15) is 0 Å². The van der Waals surface area contributed by atoms with Crippen molar-refractivity contribution in [2.75, 3.05) is 31.1 Å². The first kappa shape index (κ1) is 13.3. The van der Waals surface area contributed by atoms with Gasteiger partial charge >= 0.3 is 0 Å². The SMILES string of the molecule is CC(C)N1CCN(c2ccc(CON)cc2)CC1. The second-order valence-electron chi connectivity index (χ2n) is 5.09. The van der Waals surface area contributed by atoms with Gasteiger partial charge < -0.3 is 4.90 Å². The van der Waals surface area contributed by atoms with Crippen LogP contribution in [0.15, 0.2) is 24.3 Å². The van der Waals surface area contributed by atoms with Gasteiger partial charge in [0, 0.05) is 37.9 Å². The third-order valence-electron chi connectivity index (χ3n) is 3.60. The van der Waals surface area contributed by atoms with Crippen molar-refractivity contribution in [3.63, 3.8) is 0 Å². The summed E-state index contributed by atoms with van der Waals surface area (Å²) in [4.78, 5) is 9.59. The van der Waals surface area contributed by atoms with Crippen molar-refractivity contribution in [3.05, 3.63) is 29.8 Å². The minimum Gasteiger partial charge on any atom is -0.369 e. The molecule has 0 bridgehead atoms. The van der Waals surface area contributed by atoms with E-state index in [1.807, 2.05) is 0 Å². The third kappa shape index (κ3) is 3.22. The Morgan fingerprint density at radius 1 is 1.11 bits per heavy atom. The monoisotopic (exact) mass is 249 g/mol. The lowest BCUT2D eigenvalue weighted by molar-refractivity contribution is 0.124. The molecule has 1 aromatic rings. The van der Waals surface area contributed by atoms with Gasteiger partial charge in [0.2, 0.25) is 0 Å². The molecule has 1 fully saturated rings. The number of rotatable bonds is 4. The van der Waals surface area contributed by atoms with E-state index in [1.54, 1.807) is 0 Å². The molecule has 1 aliphatic rings. The molecule has 0 saturated carbocycles. The average molecular weight is 249 g/mol. The number of benzene rings is 1. The summed E-state index contributed by atoms with van der Waals surface area (Å²) in [6, 6.07) is 9.11. The van der Waals surface area contributed by atoms with Gasteiger partial charge in [-0.25, -0.2) is 5.90 Å². The molecule has 18 heavy (non-hydrogen) atoms. The lowest BCUT2D eigenvalue weighted by Gasteiger charge is -2.38. The molecule has 1 aromatic carbocycles. The highest BCUT2D eigenvalue weighted by molar-refractivity contribution is 5.48. The molecule has 4 nitrogen and oxygen atoms in total. The van der Waals surface area contributed by atoms with E-state index in [2.05, 4.69) is 52.8 Å². The fraction of sp³-hybridized carbons (Fsp3) is 0.571. The first-order valence-corrected chi connectivity index (χ1v) is 6.60. The van der Waals surface area contributed by atoms with E-state index in [0.29, 0.717) is 12.6 Å². The third-order valence-corrected chi connectivity index (χ3v) is 3.60. The Bertz CT molecular complexity index is 356. The topological polar surface area (TPSA) is 41.7 Å². The molecule has 4 heteroatoms. The summed E-state index contributed by atoms with van der Waals surface area (Å²) in [6.45, 7) is 9.49. The van der Waals surface area contributed by atoms with E-state index in [-0.39, 0.29) is 0 Å². The van der Waals surface area contributed by atoms with Crippen molar-refractivity contribution in [2.24, 2.45) is 5.90 Å². The summed E-state index contributed by atoms with van der Waals surface area (Å²) < 4.78 is 0. The van der Waals surface area contributed by atoms with Crippen molar-refractivity contribution in [1.82, 2.24) is 4.90 Å². The minimum atomic E-state index is 0.474. The molecule has 0 aromatic heterocycles. The number of anilines is 1. The Morgan fingerprint density at radius 2 is 1.72 bits per heavy atom. The number of piperazine rings is 1. The zero-order valence-electron chi connectivity index (χ0n) is 11.3. The lowest BCUT2D eigenvalue weighted by Crippen LogP contribution is -2.48. The molecule has 0 atom stereocenters. The number of nitrogens with zero attached hydrogens (tertiary/aromatic N) is 2. The Morgan fingerprint density at radius 3 is 2.22 bits per heavy atom. The van der Waals surface area contributed by atoms with E-state index in [1.165, 1.54) is 5.69 Å². The molecular formula is C14H23N3O. The highest BCUT2D eigenvalue weighted by Gasteiger charge is 2.18. The van der Waals surface area contributed by atoms with Crippen LogP contribution in [0.3, 0.4) is 0 Å². The fourth-order valence-corrected chi connectivity index (χ4v) is 2.40. The van der Waals surface area contributed by atoms with Gasteiger partial charge in [-0.3, -0.25) is 9.74 Å². The van der Waals surface area contributed by atoms with Crippen molar-refractivity contribution in [3.8, 4) is 0 Å². The molecule has 0 unspecified atom stereocenters. The van der Waals surface area contributed by atoms with Crippen LogP contribution in [0, 0.1) is 0 Å². The van der Waals surface area contributed by atoms with Crippen LogP contribution in [-0.2, 0) is 11.4 Å². The predicted molar refractivity (Wildman–Crippen MR) is 74.3 cm³/mol. The van der Waals surface area contributed by atoms with Gasteiger partial charge in [0.1, 0.15) is 0 Å². The highest BCUT2D eigenvalue weighted by atomic mass is 16.6. The van der Waals surface area contributed by atoms with Crippen LogP contribution in [0.4, 0.5) is 5.69 Å². The average Bonchev–Trinajstić information content (AvgIpc) is 2.40. The van der Waals surface area contributed by atoms with Crippen LogP contribution in [0.1, 0.15) is 19.4 Å². The Labute approximate surface area is 109 Å². The van der Waals surface area contributed by atoms with Crippen LogP contribution >= 0.6 is 0 Å². The van der Waals surface area contributed by atoms with Gasteiger partial charge in [0.25, 0.3) is 0 Å². The molecule has 1 saturated heterocycles. The number of hydrogen-bond donors (Lipinski definition) is 1. The van der Waals surface area contributed by atoms with Crippen LogP contribution in [0.5, 0.6) is 0 Å². The molecule has 1 aliphatic heterocycles. The van der Waals surface area contributed by atoms with Gasteiger partial charge in [-0.1, -0.05) is 12.1 Å². The molecular weight excluding hydrogens is 226 g/mol. The largest absolute Gasteiger partial charge is 0.369 e. The van der Waals surface area contributed by atoms with Gasteiger partial charge in [0.15, 0.2) is 0 Å². The molecule has 0 aliphatic carbocycles. The standard InChI is InChI=1S/C14H23N3O/c1-12(2)16-7-9-17(10-8-16)14-5-3-13(4-6-14)11-18-15/h3-6,12H,7-11,15H2,1-2H3. The van der Waals surface area contributed by atoms with Crippen molar-refractivity contribution in [1.29, 1.82) is 0 Å². The van der Waals surface area contributed by atoms with Crippen LogP contribution in [-0.4, -0.2) is 37.1 Å². The Balaban J connectivity index is 1.93. The second kappa shape index (κ2) is 6.18. The van der Waals surface area contributed by atoms with Gasteiger partial charge in [-0.15, -0.1) is 0 Å². The molecule has 2 rings (SSSR count). The predicted octanol–water partition coefficient (Wildman–Crippen LogP) is 1.61. The van der Waals surface area contributed by atoms with E-state index < -0.39 is 0 Å². The summed E-state index contributed by atoms with van der Waals surface area (Å²) in [5.74, 6) is 5.07. The maximum absolute atomic E-state index is 5.07. The summed E-state index contributed by atoms with van der Waals surface area (Å²) in [6.07, 6.45) is 0. The van der Waals surface area contributed by atoms with Gasteiger partial charge in [-0.2, -0.15) is 0 Å². The first-order chi connectivity index (χ1) is 8.70. The summed E-state index contributed by atoms with van der Waals surface area (Å²) in [5.41, 5.74) is 2.40. The normalized spacial score (nSPS) is 17.4. The zero-order valence-corrected chi connectivity index (χ0v) is 11.3. The summed E-state index contributed by atoms with van der Waals surface area (Å²) in [7, 11) is 0. The highest BCUT2D eigenvalue weighted by Crippen LogP contribution is 2.18. The first-order valence-electron chi connectivity index (χ1n) is 6.60. The van der Waals surface area contributed by atoms with E-state index >= 15 is 0 Å². The second-order valence-corrected chi connectivity index (χ2v) is 5.09. The molecule has 0 amide bonds. The van der Waals surface area contributed by atoms with Crippen molar-refractivity contribution < 1.29 is 4.84 Å². The van der Waals surface area contributed by atoms with Crippen LogP contribution in [0.2, 0.25) is 0 Å².